The third-order valence-electron chi connectivity index (χ3n) is 4.90. The van der Waals surface area contributed by atoms with Crippen LogP contribution >= 0.6 is 0 Å². The van der Waals surface area contributed by atoms with Gasteiger partial charge in [0.25, 0.3) is 0 Å². The molecule has 78 valence electrons. The molecule has 3 nitrogen and oxygen atoms in total. The molecule has 2 bridgehead atoms. The fourth-order valence-corrected chi connectivity index (χ4v) is 4.47. The van der Waals surface area contributed by atoms with Gasteiger partial charge in [0.2, 0.25) is 0 Å². The van der Waals surface area contributed by atoms with Crippen LogP contribution in [-0.4, -0.2) is 11.9 Å². The number of fused-ring (bicyclic) bond motifs is 8. The van der Waals surface area contributed by atoms with Crippen molar-refractivity contribution in [2.75, 3.05) is 0 Å². The molecule has 0 aromatic rings. The highest BCUT2D eigenvalue weighted by atomic mass is 16.6. The Balaban J connectivity index is 1.80. The van der Waals surface area contributed by atoms with Gasteiger partial charge in [0.15, 0.2) is 0 Å². The zero-order valence-electron chi connectivity index (χ0n) is 8.26. The summed E-state index contributed by atoms with van der Waals surface area (Å²) in [7, 11) is 0. The number of esters is 2. The molecule has 4 unspecified atom stereocenters. The average molecular weight is 204 g/mol. The van der Waals surface area contributed by atoms with Crippen LogP contribution in [0, 0.1) is 35.5 Å². The summed E-state index contributed by atoms with van der Waals surface area (Å²) in [5.41, 5.74) is 0. The van der Waals surface area contributed by atoms with Crippen molar-refractivity contribution in [3.05, 3.63) is 12.2 Å². The SMILES string of the molecule is O=C1OC(=O)C2C1[C@@H]1C[C@H]2C2CC=CC21. The van der Waals surface area contributed by atoms with E-state index in [0.29, 0.717) is 23.7 Å². The standard InChI is InChI=1S/C12H12O3/c13-11-9-7-4-8(10(9)12(14)15-11)6-3-1-2-5(6)7/h1-2,5-10H,3-4H2/t5?,6?,7-,8+,9?,10?/m1/s1. The smallest absolute Gasteiger partial charge is 0.317 e. The summed E-state index contributed by atoms with van der Waals surface area (Å²) < 4.78 is 4.77. The summed E-state index contributed by atoms with van der Waals surface area (Å²) in [6.45, 7) is 0. The number of allylic oxidation sites excluding steroid dienone is 2. The van der Waals surface area contributed by atoms with Gasteiger partial charge >= 0.3 is 11.9 Å². The van der Waals surface area contributed by atoms with Crippen LogP contribution < -0.4 is 0 Å². The van der Waals surface area contributed by atoms with Crippen molar-refractivity contribution in [2.24, 2.45) is 35.5 Å². The van der Waals surface area contributed by atoms with E-state index in [-0.39, 0.29) is 23.8 Å². The Morgan fingerprint density at radius 2 is 1.80 bits per heavy atom. The van der Waals surface area contributed by atoms with Crippen molar-refractivity contribution < 1.29 is 14.3 Å². The van der Waals surface area contributed by atoms with Crippen LogP contribution in [-0.2, 0) is 14.3 Å². The molecule has 1 aliphatic heterocycles. The van der Waals surface area contributed by atoms with E-state index in [1.54, 1.807) is 0 Å². The first-order valence-electron chi connectivity index (χ1n) is 5.69. The average Bonchev–Trinajstić information content (AvgIpc) is 2.88. The summed E-state index contributed by atoms with van der Waals surface area (Å²) >= 11 is 0. The van der Waals surface area contributed by atoms with Gasteiger partial charge in [-0.1, -0.05) is 12.2 Å². The maximum Gasteiger partial charge on any atom is 0.317 e. The molecule has 0 radical (unpaired) electrons. The molecule has 15 heavy (non-hydrogen) atoms. The minimum absolute atomic E-state index is 0.0938. The molecule has 0 aromatic heterocycles. The molecule has 0 aromatic carbocycles. The molecular weight excluding hydrogens is 192 g/mol. The predicted molar refractivity (Wildman–Crippen MR) is 50.4 cm³/mol. The molecule has 6 atom stereocenters. The van der Waals surface area contributed by atoms with Gasteiger partial charge in [-0.25, -0.2) is 0 Å². The van der Waals surface area contributed by atoms with Crippen LogP contribution in [0.25, 0.3) is 0 Å². The maximum absolute atomic E-state index is 11.6. The Bertz CT molecular complexity index is 398. The quantitative estimate of drug-likeness (QED) is 0.337. The fourth-order valence-electron chi connectivity index (χ4n) is 4.47. The van der Waals surface area contributed by atoms with Gasteiger partial charge in [-0.05, 0) is 36.5 Å². The number of hydrogen-bond donors (Lipinski definition) is 0. The molecule has 3 aliphatic carbocycles. The van der Waals surface area contributed by atoms with Gasteiger partial charge in [0, 0.05) is 0 Å². The lowest BCUT2D eigenvalue weighted by Gasteiger charge is -2.29. The molecule has 1 saturated heterocycles. The molecular formula is C12H12O3. The number of cyclic esters (lactones) is 2. The van der Waals surface area contributed by atoms with E-state index in [2.05, 4.69) is 12.2 Å². The highest BCUT2D eigenvalue weighted by Gasteiger charge is 2.66. The highest BCUT2D eigenvalue weighted by Crippen LogP contribution is 2.63. The summed E-state index contributed by atoms with van der Waals surface area (Å²) in [5, 5.41) is 0. The molecule has 3 heteroatoms. The zero-order chi connectivity index (χ0) is 10.2. The lowest BCUT2D eigenvalue weighted by atomic mass is 9.70. The minimum Gasteiger partial charge on any atom is -0.393 e. The van der Waals surface area contributed by atoms with Crippen molar-refractivity contribution >= 4 is 11.9 Å². The Morgan fingerprint density at radius 3 is 2.60 bits per heavy atom. The molecule has 2 saturated carbocycles. The van der Waals surface area contributed by atoms with E-state index >= 15 is 0 Å². The van der Waals surface area contributed by atoms with Gasteiger partial charge in [-0.2, -0.15) is 0 Å². The van der Waals surface area contributed by atoms with Crippen molar-refractivity contribution in [1.29, 1.82) is 0 Å². The van der Waals surface area contributed by atoms with Crippen molar-refractivity contribution in [1.82, 2.24) is 0 Å². The molecule has 1 heterocycles. The second kappa shape index (κ2) is 2.34. The van der Waals surface area contributed by atoms with Gasteiger partial charge in [0.1, 0.15) is 0 Å². The minimum atomic E-state index is -0.253. The molecule has 0 spiro atoms. The van der Waals surface area contributed by atoms with E-state index in [4.69, 9.17) is 4.74 Å². The van der Waals surface area contributed by atoms with Gasteiger partial charge in [0.05, 0.1) is 11.8 Å². The lowest BCUT2D eigenvalue weighted by Crippen LogP contribution is -2.34. The number of carbonyl (C=O) groups excluding carboxylic acids is 2. The molecule has 0 N–H and O–H groups in total. The monoisotopic (exact) mass is 204 g/mol. The molecule has 3 fully saturated rings. The van der Waals surface area contributed by atoms with Crippen LogP contribution in [0.4, 0.5) is 0 Å². The highest BCUT2D eigenvalue weighted by molar-refractivity contribution is 5.97. The van der Waals surface area contributed by atoms with Crippen LogP contribution in [0.3, 0.4) is 0 Å². The van der Waals surface area contributed by atoms with E-state index in [1.165, 1.54) is 0 Å². The van der Waals surface area contributed by atoms with Crippen molar-refractivity contribution in [3.8, 4) is 0 Å². The van der Waals surface area contributed by atoms with E-state index < -0.39 is 0 Å². The third-order valence-corrected chi connectivity index (χ3v) is 4.90. The molecule has 4 aliphatic rings. The largest absolute Gasteiger partial charge is 0.393 e. The Morgan fingerprint density at radius 1 is 1.07 bits per heavy atom. The predicted octanol–water partition coefficient (Wildman–Crippen LogP) is 1.14. The summed E-state index contributed by atoms with van der Waals surface area (Å²) in [6, 6.07) is 0. The van der Waals surface area contributed by atoms with Crippen LogP contribution in [0.2, 0.25) is 0 Å². The van der Waals surface area contributed by atoms with Crippen molar-refractivity contribution in [3.63, 3.8) is 0 Å². The molecule has 0 amide bonds. The van der Waals surface area contributed by atoms with Crippen LogP contribution in [0.15, 0.2) is 12.2 Å². The summed E-state index contributed by atoms with van der Waals surface area (Å²) in [5.74, 6) is 1.28. The Kier molecular flexibility index (Phi) is 1.26. The second-order valence-electron chi connectivity index (χ2n) is 5.26. The topological polar surface area (TPSA) is 43.4 Å². The number of carbonyl (C=O) groups is 2. The molecule has 4 rings (SSSR count). The Hall–Kier alpha value is -1.12. The fraction of sp³-hybridized carbons (Fsp3) is 0.667. The normalized spacial score (nSPS) is 54.7. The third kappa shape index (κ3) is 0.757. The first-order chi connectivity index (χ1) is 7.27. The van der Waals surface area contributed by atoms with E-state index in [9.17, 15) is 9.59 Å². The first-order valence-corrected chi connectivity index (χ1v) is 5.69. The van der Waals surface area contributed by atoms with Crippen LogP contribution in [0.1, 0.15) is 12.8 Å². The van der Waals surface area contributed by atoms with Crippen LogP contribution in [0.5, 0.6) is 0 Å². The number of rotatable bonds is 0. The first kappa shape index (κ1) is 8.08. The van der Waals surface area contributed by atoms with Gasteiger partial charge < -0.3 is 4.74 Å². The van der Waals surface area contributed by atoms with Gasteiger partial charge in [-0.3, -0.25) is 9.59 Å². The number of hydrogen-bond acceptors (Lipinski definition) is 3. The van der Waals surface area contributed by atoms with Gasteiger partial charge in [-0.15, -0.1) is 0 Å². The summed E-state index contributed by atoms with van der Waals surface area (Å²) in [4.78, 5) is 23.2. The summed E-state index contributed by atoms with van der Waals surface area (Å²) in [6.07, 6.45) is 6.62. The van der Waals surface area contributed by atoms with E-state index in [0.717, 1.165) is 12.8 Å². The Labute approximate surface area is 87.5 Å². The lowest BCUT2D eigenvalue weighted by molar-refractivity contribution is -0.154. The maximum atomic E-state index is 11.6. The number of ether oxygens (including phenoxy) is 1. The second-order valence-corrected chi connectivity index (χ2v) is 5.26. The van der Waals surface area contributed by atoms with E-state index in [1.807, 2.05) is 0 Å². The van der Waals surface area contributed by atoms with Crippen molar-refractivity contribution in [2.45, 2.75) is 12.8 Å². The zero-order valence-corrected chi connectivity index (χ0v) is 8.26.